The van der Waals surface area contributed by atoms with E-state index < -0.39 is 10.8 Å². The molecule has 10 heavy (non-hydrogen) atoms. The minimum atomic E-state index is -0.920. The Hall–Kier alpha value is 0.1000. The van der Waals surface area contributed by atoms with E-state index in [-0.39, 0.29) is 17.0 Å². The fourth-order valence-corrected chi connectivity index (χ4v) is 0.602. The van der Waals surface area contributed by atoms with E-state index in [2.05, 4.69) is 15.9 Å². The molecule has 0 heterocycles. The number of halogens is 2. The zero-order valence-electron chi connectivity index (χ0n) is 5.12. The number of aldehydes is 1. The normalized spacial score (nSPS) is 11.3. The van der Waals surface area contributed by atoms with Crippen LogP contribution in [0.3, 0.4) is 0 Å². The minimum absolute atomic E-state index is 0. The summed E-state index contributed by atoms with van der Waals surface area (Å²) < 4.78 is 0. The van der Waals surface area contributed by atoms with Gasteiger partial charge in [0, 0.05) is 6.42 Å². The van der Waals surface area contributed by atoms with Crippen LogP contribution in [-0.4, -0.2) is 22.2 Å². The first-order valence-corrected chi connectivity index (χ1v) is 3.40. The smallest absolute Gasteiger partial charge is 0.317 e. The summed E-state index contributed by atoms with van der Waals surface area (Å²) in [5.41, 5.74) is 0. The topological polar surface area (TPSA) is 54.4 Å². The second-order valence-corrected chi connectivity index (χ2v) is 2.66. The van der Waals surface area contributed by atoms with Crippen LogP contribution in [0.5, 0.6) is 0 Å². The van der Waals surface area contributed by atoms with Crippen molar-refractivity contribution in [2.24, 2.45) is 0 Å². The van der Waals surface area contributed by atoms with Gasteiger partial charge in [0.25, 0.3) is 0 Å². The molecule has 0 aliphatic rings. The highest BCUT2D eigenvalue weighted by atomic mass is 79.9. The molecular formula is C5H8Br2O3. The van der Waals surface area contributed by atoms with E-state index in [1.54, 1.807) is 0 Å². The number of hydrogen-bond acceptors (Lipinski definition) is 2. The van der Waals surface area contributed by atoms with Crippen LogP contribution in [0.1, 0.15) is 12.8 Å². The molecule has 60 valence electrons. The molecule has 1 N–H and O–H groups in total. The van der Waals surface area contributed by atoms with Crippen LogP contribution in [0.25, 0.3) is 0 Å². The quantitative estimate of drug-likeness (QED) is 0.623. The molecule has 0 aromatic heterocycles. The lowest BCUT2D eigenvalue weighted by Crippen LogP contribution is -2.11. The fraction of sp³-hybridized carbons (Fsp3) is 0.600. The molecule has 0 saturated carbocycles. The molecular weight excluding hydrogens is 268 g/mol. The van der Waals surface area contributed by atoms with Crippen molar-refractivity contribution >= 4 is 45.2 Å². The first kappa shape index (κ1) is 12.7. The number of rotatable bonds is 4. The molecule has 3 nitrogen and oxygen atoms in total. The van der Waals surface area contributed by atoms with Gasteiger partial charge in [-0.2, -0.15) is 0 Å². The highest BCUT2D eigenvalue weighted by Gasteiger charge is 2.10. The molecule has 0 bridgehead atoms. The number of hydrogen-bond donors (Lipinski definition) is 1. The largest absolute Gasteiger partial charge is 0.480 e. The molecule has 1 unspecified atom stereocenters. The van der Waals surface area contributed by atoms with Crippen LogP contribution < -0.4 is 0 Å². The Morgan fingerprint density at radius 1 is 1.70 bits per heavy atom. The lowest BCUT2D eigenvalue weighted by molar-refractivity contribution is -0.136. The monoisotopic (exact) mass is 274 g/mol. The summed E-state index contributed by atoms with van der Waals surface area (Å²) in [7, 11) is 0. The molecule has 0 saturated heterocycles. The highest BCUT2D eigenvalue weighted by molar-refractivity contribution is 9.10. The molecule has 0 aromatic carbocycles. The van der Waals surface area contributed by atoms with E-state index in [1.165, 1.54) is 0 Å². The predicted molar refractivity (Wildman–Crippen MR) is 46.0 cm³/mol. The lowest BCUT2D eigenvalue weighted by Gasteiger charge is -1.97. The SMILES string of the molecule is Br.O=CCCC(Br)C(=O)O. The Morgan fingerprint density at radius 2 is 2.20 bits per heavy atom. The predicted octanol–water partition coefficient (Wildman–Crippen LogP) is 1.39. The van der Waals surface area contributed by atoms with Gasteiger partial charge in [0.1, 0.15) is 11.1 Å². The summed E-state index contributed by atoms with van der Waals surface area (Å²) in [6.07, 6.45) is 1.36. The van der Waals surface area contributed by atoms with Crippen molar-refractivity contribution in [3.63, 3.8) is 0 Å². The van der Waals surface area contributed by atoms with E-state index in [0.29, 0.717) is 19.1 Å². The third kappa shape index (κ3) is 6.22. The zero-order valence-corrected chi connectivity index (χ0v) is 8.42. The number of carboxylic acids is 1. The summed E-state index contributed by atoms with van der Waals surface area (Å²) in [6.45, 7) is 0. The van der Waals surface area contributed by atoms with Gasteiger partial charge in [-0.15, -0.1) is 17.0 Å². The molecule has 0 fully saturated rings. The average Bonchev–Trinajstić information content (AvgIpc) is 1.82. The summed E-state index contributed by atoms with van der Waals surface area (Å²) in [5.74, 6) is -0.920. The van der Waals surface area contributed by atoms with E-state index in [4.69, 9.17) is 5.11 Å². The standard InChI is InChI=1S/C5H7BrO3.BrH/c6-4(5(8)9)2-1-3-7;/h3-4H,1-2H2,(H,8,9);1H. The number of aliphatic carboxylic acids is 1. The zero-order chi connectivity index (χ0) is 7.28. The van der Waals surface area contributed by atoms with Crippen molar-refractivity contribution in [2.45, 2.75) is 17.7 Å². The van der Waals surface area contributed by atoms with Crippen LogP contribution in [0.15, 0.2) is 0 Å². The van der Waals surface area contributed by atoms with Crippen LogP contribution in [0.2, 0.25) is 0 Å². The maximum absolute atomic E-state index is 10.0. The summed E-state index contributed by atoms with van der Waals surface area (Å²) in [6, 6.07) is 0. The Morgan fingerprint density at radius 3 is 2.50 bits per heavy atom. The Bertz CT molecular complexity index is 115. The summed E-state index contributed by atoms with van der Waals surface area (Å²) in [5, 5.41) is 8.25. The van der Waals surface area contributed by atoms with Crippen LogP contribution in [0.4, 0.5) is 0 Å². The first-order valence-electron chi connectivity index (χ1n) is 2.49. The molecule has 0 rings (SSSR count). The molecule has 0 spiro atoms. The first-order chi connectivity index (χ1) is 4.18. The third-order valence-electron chi connectivity index (χ3n) is 0.806. The molecule has 0 radical (unpaired) electrons. The van der Waals surface area contributed by atoms with Gasteiger partial charge in [-0.1, -0.05) is 15.9 Å². The summed E-state index contributed by atoms with van der Waals surface area (Å²) >= 11 is 2.88. The van der Waals surface area contributed by atoms with Crippen molar-refractivity contribution in [3.8, 4) is 0 Å². The Kier molecular flexibility index (Phi) is 9.19. The number of alkyl halides is 1. The number of carboxylic acid groups (broad SMARTS) is 1. The van der Waals surface area contributed by atoms with Crippen molar-refractivity contribution < 1.29 is 14.7 Å². The molecule has 5 heteroatoms. The third-order valence-corrected chi connectivity index (χ3v) is 1.66. The van der Waals surface area contributed by atoms with E-state index >= 15 is 0 Å². The minimum Gasteiger partial charge on any atom is -0.480 e. The maximum Gasteiger partial charge on any atom is 0.317 e. The highest BCUT2D eigenvalue weighted by Crippen LogP contribution is 2.05. The van der Waals surface area contributed by atoms with Gasteiger partial charge >= 0.3 is 5.97 Å². The number of carbonyl (C=O) groups excluding carboxylic acids is 1. The van der Waals surface area contributed by atoms with Gasteiger partial charge in [-0.25, -0.2) is 0 Å². The van der Waals surface area contributed by atoms with Gasteiger partial charge in [-0.3, -0.25) is 4.79 Å². The van der Waals surface area contributed by atoms with Gasteiger partial charge in [0.15, 0.2) is 0 Å². The molecule has 1 atom stereocenters. The molecule has 0 aliphatic heterocycles. The van der Waals surface area contributed by atoms with Gasteiger partial charge < -0.3 is 9.90 Å². The van der Waals surface area contributed by atoms with E-state index in [0.717, 1.165) is 0 Å². The lowest BCUT2D eigenvalue weighted by atomic mass is 10.2. The fourth-order valence-electron chi connectivity index (χ4n) is 0.338. The van der Waals surface area contributed by atoms with Crippen LogP contribution in [-0.2, 0) is 9.59 Å². The van der Waals surface area contributed by atoms with E-state index in [1.807, 2.05) is 0 Å². The number of carbonyl (C=O) groups is 2. The Balaban J connectivity index is 0. The maximum atomic E-state index is 10.0. The second kappa shape index (κ2) is 7.21. The van der Waals surface area contributed by atoms with Crippen molar-refractivity contribution in [3.05, 3.63) is 0 Å². The van der Waals surface area contributed by atoms with Crippen LogP contribution in [0, 0.1) is 0 Å². The second-order valence-electron chi connectivity index (χ2n) is 1.55. The van der Waals surface area contributed by atoms with Crippen molar-refractivity contribution in [2.75, 3.05) is 0 Å². The summed E-state index contributed by atoms with van der Waals surface area (Å²) in [4.78, 5) is 19.2. The van der Waals surface area contributed by atoms with Gasteiger partial charge in [0.2, 0.25) is 0 Å². The Labute approximate surface area is 77.7 Å². The molecule has 0 aromatic rings. The van der Waals surface area contributed by atoms with Gasteiger partial charge in [-0.05, 0) is 6.42 Å². The van der Waals surface area contributed by atoms with Crippen molar-refractivity contribution in [1.82, 2.24) is 0 Å². The van der Waals surface area contributed by atoms with E-state index in [9.17, 15) is 9.59 Å². The average molecular weight is 276 g/mol. The van der Waals surface area contributed by atoms with Gasteiger partial charge in [0.05, 0.1) is 0 Å². The molecule has 0 amide bonds. The van der Waals surface area contributed by atoms with Crippen molar-refractivity contribution in [1.29, 1.82) is 0 Å². The van der Waals surface area contributed by atoms with Crippen LogP contribution >= 0.6 is 32.9 Å². The molecule has 0 aliphatic carbocycles.